The maximum atomic E-state index is 12.7. The number of hydrogen-bond acceptors (Lipinski definition) is 24. The number of aromatic nitrogens is 4. The van der Waals surface area contributed by atoms with E-state index < -0.39 is 95.7 Å². The summed E-state index contributed by atoms with van der Waals surface area (Å²) in [6, 6.07) is 8.76. The minimum absolute atomic E-state index is 0.00956. The quantitative estimate of drug-likeness (QED) is 0.0138. The smallest absolute Gasteiger partial charge is 0.367 e. The van der Waals surface area contributed by atoms with Crippen LogP contribution in [0.15, 0.2) is 67.4 Å². The van der Waals surface area contributed by atoms with Gasteiger partial charge in [-0.3, -0.25) is 22.4 Å². The fourth-order valence-corrected chi connectivity index (χ4v) is 8.98. The molecule has 0 atom stereocenters. The van der Waals surface area contributed by atoms with Gasteiger partial charge >= 0.3 is 10.4 Å². The topological polar surface area (TPSA) is 425 Å². The third-order valence-electron chi connectivity index (χ3n) is 8.15. The van der Waals surface area contributed by atoms with Gasteiger partial charge in [-0.25, -0.2) is 22.8 Å². The average molecular weight is 1000 g/mol. The van der Waals surface area contributed by atoms with Crippen molar-refractivity contribution in [3.8, 4) is 11.8 Å². The Bertz CT molecular complexity index is 3230. The van der Waals surface area contributed by atoms with Crippen molar-refractivity contribution >= 4 is 108 Å². The largest absolute Gasteiger partial charge is 0.397 e. The van der Waals surface area contributed by atoms with Gasteiger partial charge in [0.1, 0.15) is 44.1 Å². The van der Waals surface area contributed by atoms with Gasteiger partial charge in [-0.05, 0) is 43.3 Å². The summed E-state index contributed by atoms with van der Waals surface area (Å²) in [6.07, 6.45) is 0. The summed E-state index contributed by atoms with van der Waals surface area (Å²) in [5.41, 5.74) is -1.35. The second-order valence-electron chi connectivity index (χ2n) is 12.3. The van der Waals surface area contributed by atoms with Crippen molar-refractivity contribution in [2.75, 3.05) is 48.4 Å². The SMILES string of the molecule is Cc1c(C#N)c(NCCOS(=O)(=O)O)nc(NCCS(=O)(=O)CCOSOOO)c1/N=N/c1ccc(-n2nc3ccc4c(S(=O)(=O)O)cc(S(=O)(=O)O)cc4c3n2)cc1S(=O)(=O)O. The summed E-state index contributed by atoms with van der Waals surface area (Å²) in [4.78, 5) is 2.38. The third kappa shape index (κ3) is 12.5. The number of nitrogens with one attached hydrogen (secondary N) is 2. The van der Waals surface area contributed by atoms with Gasteiger partial charge in [0.15, 0.2) is 28.0 Å². The van der Waals surface area contributed by atoms with Gasteiger partial charge in [0.05, 0.1) is 40.9 Å². The van der Waals surface area contributed by atoms with Crippen LogP contribution < -0.4 is 10.6 Å². The first kappa shape index (κ1) is 48.9. The fraction of sp³-hybridized carbons (Fsp3) is 0.241. The molecule has 0 unspecified atom stereocenters. The first-order valence-corrected chi connectivity index (χ1v) is 24.8. The number of benzene rings is 3. The van der Waals surface area contributed by atoms with Gasteiger partial charge in [0.2, 0.25) is 0 Å². The highest BCUT2D eigenvalue weighted by molar-refractivity contribution is 7.91. The van der Waals surface area contributed by atoms with E-state index in [2.05, 4.69) is 49.6 Å². The van der Waals surface area contributed by atoms with Crippen LogP contribution in [0.2, 0.25) is 0 Å². The van der Waals surface area contributed by atoms with Crippen molar-refractivity contribution in [3.63, 3.8) is 0 Å². The molecule has 7 N–H and O–H groups in total. The molecule has 3 aromatic carbocycles. The third-order valence-corrected chi connectivity index (χ3v) is 13.2. The average Bonchev–Trinajstić information content (AvgIpc) is 3.62. The van der Waals surface area contributed by atoms with Crippen LogP contribution in [-0.2, 0) is 68.3 Å². The predicted octanol–water partition coefficient (Wildman–Crippen LogP) is 2.36. The lowest BCUT2D eigenvalue weighted by Crippen LogP contribution is -2.21. The highest BCUT2D eigenvalue weighted by Crippen LogP contribution is 2.37. The number of anilines is 2. The molecule has 340 valence electrons. The van der Waals surface area contributed by atoms with E-state index in [1.807, 2.05) is 6.07 Å². The summed E-state index contributed by atoms with van der Waals surface area (Å²) in [5, 5.41) is 42.8. The molecular weight excluding hydrogens is 971 g/mol. The zero-order valence-electron chi connectivity index (χ0n) is 31.3. The Balaban J connectivity index is 1.55. The Kier molecular flexibility index (Phi) is 15.0. The Labute approximate surface area is 360 Å². The fourth-order valence-electron chi connectivity index (χ4n) is 5.43. The summed E-state index contributed by atoms with van der Waals surface area (Å²) < 4.78 is 172. The molecular formula is C29H29N9O19S6. The van der Waals surface area contributed by atoms with Crippen molar-refractivity contribution in [1.29, 1.82) is 5.26 Å². The van der Waals surface area contributed by atoms with Gasteiger partial charge in [-0.2, -0.15) is 43.7 Å². The van der Waals surface area contributed by atoms with Crippen molar-refractivity contribution in [1.82, 2.24) is 20.0 Å². The molecule has 0 radical (unpaired) electrons. The summed E-state index contributed by atoms with van der Waals surface area (Å²) in [7, 11) is -23.9. The molecule has 0 aliphatic carbocycles. The number of nitrogens with zero attached hydrogens (tertiary/aromatic N) is 7. The van der Waals surface area contributed by atoms with Crippen molar-refractivity contribution in [3.05, 3.63) is 53.6 Å². The van der Waals surface area contributed by atoms with Gasteiger partial charge in [-0.1, -0.05) is 11.1 Å². The maximum Gasteiger partial charge on any atom is 0.397 e. The molecule has 28 nitrogen and oxygen atoms in total. The van der Waals surface area contributed by atoms with E-state index in [4.69, 9.17) is 14.0 Å². The molecule has 63 heavy (non-hydrogen) atoms. The molecule has 0 saturated carbocycles. The lowest BCUT2D eigenvalue weighted by molar-refractivity contribution is -0.434. The summed E-state index contributed by atoms with van der Waals surface area (Å²) in [6.45, 7) is -0.361. The number of azo groups is 1. The normalized spacial score (nSPS) is 12.9. The lowest BCUT2D eigenvalue weighted by Gasteiger charge is -2.15. The van der Waals surface area contributed by atoms with E-state index in [9.17, 15) is 61.0 Å². The van der Waals surface area contributed by atoms with Gasteiger partial charge in [0.25, 0.3) is 30.4 Å². The zero-order valence-corrected chi connectivity index (χ0v) is 36.2. The Morgan fingerprint density at radius 1 is 0.794 bits per heavy atom. The van der Waals surface area contributed by atoms with Crippen LogP contribution in [-0.4, -0.2) is 123 Å². The Hall–Kier alpha value is -5.10. The first-order valence-electron chi connectivity index (χ1n) is 16.7. The number of fused-ring (bicyclic) bond motifs is 3. The van der Waals surface area contributed by atoms with Gasteiger partial charge in [0, 0.05) is 29.4 Å². The molecule has 2 aromatic heterocycles. The molecule has 0 amide bonds. The summed E-state index contributed by atoms with van der Waals surface area (Å²) in [5.74, 6) is -1.52. The van der Waals surface area contributed by atoms with E-state index in [0.29, 0.717) is 6.07 Å². The van der Waals surface area contributed by atoms with Crippen LogP contribution in [0.1, 0.15) is 11.1 Å². The molecule has 0 spiro atoms. The van der Waals surface area contributed by atoms with Crippen molar-refractivity contribution in [2.24, 2.45) is 10.2 Å². The maximum absolute atomic E-state index is 12.7. The molecule has 5 rings (SSSR count). The molecule has 0 fully saturated rings. The molecule has 0 aliphatic heterocycles. The standard InChI is InChI=1S/C29H29N9O19S6/c1-16-21(15-30)28(31-6-8-55-63(51,52)53)33-29(32-7-10-59(40,41)11-9-54-58-57-56-39)26(16)35-34-22-4-2-17(12-25(22)62(48,49)50)38-36-23-5-3-19-20(27(23)37-38)13-18(60(42,43)44)14-24(19)61(45,46)47/h2-5,12-14,39H,6-11H2,1H3,(H2,31,32,33)(H,42,43,44)(H,45,46,47)(H,48,49,50)(H,51,52,53)/b35-34+. The highest BCUT2D eigenvalue weighted by Gasteiger charge is 2.25. The molecule has 5 aromatic rings. The minimum atomic E-state index is -5.17. The van der Waals surface area contributed by atoms with Crippen LogP contribution in [0.5, 0.6) is 0 Å². The highest BCUT2D eigenvalue weighted by atomic mass is 32.3. The molecule has 0 saturated heterocycles. The van der Waals surface area contributed by atoms with E-state index in [-0.39, 0.29) is 81.4 Å². The van der Waals surface area contributed by atoms with Crippen LogP contribution in [0.4, 0.5) is 23.0 Å². The number of pyridine rings is 1. The lowest BCUT2D eigenvalue weighted by atomic mass is 10.1. The van der Waals surface area contributed by atoms with Crippen LogP contribution in [0, 0.1) is 18.3 Å². The van der Waals surface area contributed by atoms with E-state index in [0.717, 1.165) is 23.0 Å². The number of hydrogen-bond donors (Lipinski definition) is 7. The van der Waals surface area contributed by atoms with Crippen molar-refractivity contribution < 1.29 is 83.3 Å². The molecule has 0 bridgehead atoms. The van der Waals surface area contributed by atoms with Crippen LogP contribution in [0.3, 0.4) is 0 Å². The number of rotatable bonds is 21. The van der Waals surface area contributed by atoms with Crippen LogP contribution in [0.25, 0.3) is 27.5 Å². The van der Waals surface area contributed by atoms with Gasteiger partial charge in [-0.15, -0.1) is 24.8 Å². The van der Waals surface area contributed by atoms with Crippen LogP contribution >= 0.6 is 12.3 Å². The second kappa shape index (κ2) is 19.3. The van der Waals surface area contributed by atoms with E-state index >= 15 is 0 Å². The minimum Gasteiger partial charge on any atom is -0.367 e. The van der Waals surface area contributed by atoms with Crippen molar-refractivity contribution in [2.45, 2.75) is 21.6 Å². The monoisotopic (exact) mass is 999 g/mol. The molecule has 0 aliphatic rings. The molecule has 34 heteroatoms. The number of sulfone groups is 1. The second-order valence-corrected chi connectivity index (χ2v) is 20.4. The molecule has 2 heterocycles. The Morgan fingerprint density at radius 2 is 1.49 bits per heavy atom. The van der Waals surface area contributed by atoms with E-state index in [1.54, 1.807) is 0 Å². The number of nitriles is 1. The summed E-state index contributed by atoms with van der Waals surface area (Å²) >= 11 is 0.158. The first-order chi connectivity index (χ1) is 29.3. The predicted molar refractivity (Wildman–Crippen MR) is 215 cm³/mol. The Morgan fingerprint density at radius 3 is 2.13 bits per heavy atom. The van der Waals surface area contributed by atoms with E-state index in [1.165, 1.54) is 25.1 Å². The van der Waals surface area contributed by atoms with Gasteiger partial charge < -0.3 is 10.6 Å². The zero-order chi connectivity index (χ0) is 46.5.